The average Bonchev–Trinajstić information content (AvgIpc) is 4.24. The molecule has 25 heteroatoms. The molecule has 5 aromatic heterocycles. The number of H-pyrrole nitrogens is 2. The largest absolute Gasteiger partial charge is 0.506 e. The molecule has 0 saturated heterocycles. The van der Waals surface area contributed by atoms with E-state index in [1.807, 2.05) is 18.3 Å². The summed E-state index contributed by atoms with van der Waals surface area (Å²) in [5.74, 6) is -1.13. The first-order valence-corrected chi connectivity index (χ1v) is 23.9. The second kappa shape index (κ2) is 22.7. The van der Waals surface area contributed by atoms with Gasteiger partial charge in [-0.25, -0.2) is 34.3 Å². The maximum Gasteiger partial charge on any atom is 0.267 e. The van der Waals surface area contributed by atoms with Crippen molar-refractivity contribution in [1.82, 2.24) is 49.0 Å². The molecule has 0 aliphatic heterocycles. The lowest BCUT2D eigenvalue weighted by Gasteiger charge is -2.09. The Labute approximate surface area is 449 Å². The van der Waals surface area contributed by atoms with Crippen molar-refractivity contribution < 1.29 is 24.8 Å². The summed E-state index contributed by atoms with van der Waals surface area (Å²) in [6.07, 6.45) is 10.5. The molecule has 75 heavy (non-hydrogen) atoms. The second-order valence-corrected chi connectivity index (χ2v) is 18.4. The number of hydrogen-bond donors (Lipinski definition) is 6. The van der Waals surface area contributed by atoms with Crippen LogP contribution in [-0.2, 0) is 0 Å². The number of halogens is 7. The van der Waals surface area contributed by atoms with Gasteiger partial charge in [0, 0.05) is 17.6 Å². The highest BCUT2D eigenvalue weighted by molar-refractivity contribution is 6.41. The Morgan fingerprint density at radius 2 is 1.11 bits per heavy atom. The number of aromatic hydroxyl groups is 4. The summed E-state index contributed by atoms with van der Waals surface area (Å²) >= 11 is 35.0. The molecule has 0 amide bonds. The van der Waals surface area contributed by atoms with Crippen molar-refractivity contribution in [3.05, 3.63) is 200 Å². The Hall–Kier alpha value is -7.91. The number of aromatic amines is 2. The monoisotopic (exact) mass is 1130 g/mol. The van der Waals surface area contributed by atoms with E-state index in [1.54, 1.807) is 23.0 Å². The van der Waals surface area contributed by atoms with Crippen molar-refractivity contribution in [2.45, 2.75) is 25.8 Å². The Morgan fingerprint density at radius 3 is 1.69 bits per heavy atom. The number of rotatable bonds is 2. The maximum absolute atomic E-state index is 12.9. The zero-order chi connectivity index (χ0) is 53.8. The number of phenolic OH excluding ortho intramolecular Hbond substituents is 4. The van der Waals surface area contributed by atoms with Crippen LogP contribution in [0.25, 0.3) is 60.2 Å². The summed E-state index contributed by atoms with van der Waals surface area (Å²) in [7, 11) is 0. The van der Waals surface area contributed by atoms with Crippen molar-refractivity contribution in [2.24, 2.45) is 0 Å². The van der Waals surface area contributed by atoms with Gasteiger partial charge in [0.2, 0.25) is 0 Å². The molecule has 0 atom stereocenters. The van der Waals surface area contributed by atoms with Crippen LogP contribution in [-0.4, -0.2) is 69.4 Å². The smallest absolute Gasteiger partial charge is 0.267 e. The SMILES string of the molecule is Cc1cccc2cncnc12.O=c1[nH]cnc2c(O)c(Cl)cc(Cl)c12.O=c1[nH]cnc2c(O)cccc12.O=c1c2c(Cl)cc(Cl)c(O)c2ncn1-c1ccc(F)cc1.O=c1c2c(Cl)cc(Cl)c(O)c2ncn1C1CC1. The Morgan fingerprint density at radius 1 is 0.573 bits per heavy atom. The number of benzene rings is 6. The molecule has 5 heterocycles. The highest BCUT2D eigenvalue weighted by Gasteiger charge is 2.26. The van der Waals surface area contributed by atoms with Gasteiger partial charge in [-0.1, -0.05) is 93.9 Å². The van der Waals surface area contributed by atoms with E-state index in [4.69, 9.17) is 69.6 Å². The normalized spacial score (nSPS) is 11.7. The summed E-state index contributed by atoms with van der Waals surface area (Å²) in [6, 6.07) is 20.3. The van der Waals surface area contributed by atoms with Crippen molar-refractivity contribution >= 4 is 124 Å². The molecule has 1 aliphatic carbocycles. The quantitative estimate of drug-likeness (QED) is 0.0940. The third-order valence-electron chi connectivity index (χ3n) is 11.1. The van der Waals surface area contributed by atoms with E-state index in [2.05, 4.69) is 52.9 Å². The lowest BCUT2D eigenvalue weighted by Crippen LogP contribution is -2.19. The van der Waals surface area contributed by atoms with Crippen LogP contribution in [0, 0.1) is 12.7 Å². The Bertz CT molecular complexity index is 4250. The van der Waals surface area contributed by atoms with E-state index in [9.17, 15) is 44.0 Å². The molecule has 6 aromatic carbocycles. The van der Waals surface area contributed by atoms with Gasteiger partial charge >= 0.3 is 0 Å². The molecule has 1 saturated carbocycles. The summed E-state index contributed by atoms with van der Waals surface area (Å²) in [5, 5.41) is 40.9. The Balaban J connectivity index is 0.000000127. The highest BCUT2D eigenvalue weighted by Crippen LogP contribution is 2.38. The maximum atomic E-state index is 12.9. The average molecular weight is 1130 g/mol. The van der Waals surface area contributed by atoms with Crippen LogP contribution in [0.15, 0.2) is 136 Å². The molecule has 6 N–H and O–H groups in total. The molecule has 11 aromatic rings. The number of fused-ring (bicyclic) bond motifs is 5. The van der Waals surface area contributed by atoms with Crippen LogP contribution in [0.5, 0.6) is 23.0 Å². The number of nitrogens with zero attached hydrogens (tertiary/aromatic N) is 8. The van der Waals surface area contributed by atoms with E-state index in [1.165, 1.54) is 84.0 Å². The molecule has 0 radical (unpaired) electrons. The number of aryl methyl sites for hydroxylation is 1. The lowest BCUT2D eigenvalue weighted by atomic mass is 10.2. The topological polar surface area (TPSA) is 268 Å². The number of phenols is 4. The van der Waals surface area contributed by atoms with Crippen molar-refractivity contribution in [2.75, 3.05) is 0 Å². The minimum Gasteiger partial charge on any atom is -0.506 e. The van der Waals surface area contributed by atoms with Crippen LogP contribution < -0.4 is 22.2 Å². The molecule has 1 fully saturated rings. The molecule has 0 spiro atoms. The fourth-order valence-electron chi connectivity index (χ4n) is 7.26. The van der Waals surface area contributed by atoms with Gasteiger partial charge in [-0.05, 0) is 79.9 Å². The van der Waals surface area contributed by atoms with Crippen LogP contribution in [0.1, 0.15) is 24.4 Å². The summed E-state index contributed by atoms with van der Waals surface area (Å²) in [4.78, 5) is 75.7. The first-order chi connectivity index (χ1) is 35.9. The van der Waals surface area contributed by atoms with Gasteiger partial charge in [-0.15, -0.1) is 0 Å². The van der Waals surface area contributed by atoms with E-state index in [0.717, 1.165) is 23.7 Å². The standard InChI is InChI=1S/C14H7Cl2FN2O2.C11H8Cl2N2O2.C9H8N2.C8H4Cl2N2O2.C8H6N2O2/c15-9-5-10(16)13(20)12-11(9)14(21)19(6-18-12)8-3-1-7(17)2-4-8;12-6-3-7(13)10(16)9-8(6)11(17)15(4-14-9)5-1-2-5;1-7-3-2-4-8-5-10-6-11-9(7)8;9-3-1-4(10)7(13)6-5(3)8(14)12-2-11-6;11-6-3-1-2-5-7(6)9-4-10-8(5)12/h1-6,20H;3-5,16H,1-2H2;2-6H,1H3;1-2,13H,(H,11,12,14);1-4,11H,(H,9,10,12). The van der Waals surface area contributed by atoms with E-state index >= 15 is 0 Å². The van der Waals surface area contributed by atoms with E-state index in [-0.39, 0.29) is 103 Å². The summed E-state index contributed by atoms with van der Waals surface area (Å²) in [6.45, 7) is 2.05. The Kier molecular flexibility index (Phi) is 16.1. The minimum absolute atomic E-state index is 0.0129. The minimum atomic E-state index is -0.483. The first-order valence-electron chi connectivity index (χ1n) is 21.6. The van der Waals surface area contributed by atoms with Crippen molar-refractivity contribution in [3.8, 4) is 28.7 Å². The molecular formula is C50H33Cl6FN10O8. The van der Waals surface area contributed by atoms with Crippen molar-refractivity contribution in [3.63, 3.8) is 0 Å². The van der Waals surface area contributed by atoms with Crippen LogP contribution in [0.4, 0.5) is 4.39 Å². The number of nitrogens with one attached hydrogen (secondary N) is 2. The molecule has 1 aliphatic rings. The molecule has 0 bridgehead atoms. The molecular weight excluding hydrogens is 1100 g/mol. The summed E-state index contributed by atoms with van der Waals surface area (Å²) < 4.78 is 15.7. The van der Waals surface area contributed by atoms with Crippen molar-refractivity contribution in [1.29, 1.82) is 0 Å². The van der Waals surface area contributed by atoms with Crippen LogP contribution >= 0.6 is 69.6 Å². The molecule has 0 unspecified atom stereocenters. The second-order valence-electron chi connectivity index (χ2n) is 16.0. The first kappa shape index (κ1) is 53.4. The fraction of sp³-hybridized carbons (Fsp3) is 0.0800. The predicted molar refractivity (Wildman–Crippen MR) is 287 cm³/mol. The third kappa shape index (κ3) is 11.4. The van der Waals surface area contributed by atoms with Crippen LogP contribution in [0.3, 0.4) is 0 Å². The van der Waals surface area contributed by atoms with Gasteiger partial charge in [0.25, 0.3) is 22.2 Å². The lowest BCUT2D eigenvalue weighted by molar-refractivity contribution is 0.479. The molecule has 12 rings (SSSR count). The van der Waals surface area contributed by atoms with Gasteiger partial charge in [-0.2, -0.15) is 0 Å². The van der Waals surface area contributed by atoms with Gasteiger partial charge < -0.3 is 30.4 Å². The summed E-state index contributed by atoms with van der Waals surface area (Å²) in [5.41, 5.74) is 1.93. The molecule has 18 nitrogen and oxygen atoms in total. The van der Waals surface area contributed by atoms with Gasteiger partial charge in [0.15, 0.2) is 17.2 Å². The highest BCUT2D eigenvalue weighted by atomic mass is 35.5. The number of aromatic nitrogens is 10. The third-order valence-corrected chi connectivity index (χ3v) is 12.8. The van der Waals surface area contributed by atoms with Gasteiger partial charge in [0.1, 0.15) is 46.3 Å². The zero-order valence-electron chi connectivity index (χ0n) is 38.1. The van der Waals surface area contributed by atoms with E-state index < -0.39 is 16.9 Å². The number of hydrogen-bond acceptors (Lipinski definition) is 14. The number of para-hydroxylation sites is 2. The molecule has 380 valence electrons. The van der Waals surface area contributed by atoms with E-state index in [0.29, 0.717) is 16.6 Å². The predicted octanol–water partition coefficient (Wildman–Crippen LogP) is 10.8. The van der Waals surface area contributed by atoms with Gasteiger partial charge in [-0.3, -0.25) is 28.3 Å². The fourth-order valence-corrected chi connectivity index (χ4v) is 8.86. The van der Waals surface area contributed by atoms with Crippen LogP contribution in [0.2, 0.25) is 30.1 Å². The van der Waals surface area contributed by atoms with Gasteiger partial charge in [0.05, 0.1) is 81.9 Å². The zero-order valence-corrected chi connectivity index (χ0v) is 42.6.